The fourth-order valence-electron chi connectivity index (χ4n) is 2.00. The fourth-order valence-corrected chi connectivity index (χ4v) is 2.00. The SMILES string of the molecule is CCOCCOc1c(C(C)C)cccc1C(C)C. The van der Waals surface area contributed by atoms with Gasteiger partial charge in [-0.25, -0.2) is 0 Å². The predicted molar refractivity (Wildman–Crippen MR) is 76.6 cm³/mol. The van der Waals surface area contributed by atoms with Crippen LogP contribution in [0.25, 0.3) is 0 Å². The van der Waals surface area contributed by atoms with Crippen molar-refractivity contribution in [2.45, 2.75) is 46.5 Å². The largest absolute Gasteiger partial charge is 0.491 e. The van der Waals surface area contributed by atoms with Gasteiger partial charge in [-0.15, -0.1) is 0 Å². The Bertz CT molecular complexity index is 330. The van der Waals surface area contributed by atoms with E-state index < -0.39 is 0 Å². The zero-order valence-electron chi connectivity index (χ0n) is 12.3. The Morgan fingerprint density at radius 3 is 1.94 bits per heavy atom. The standard InChI is InChI=1S/C16H26O2/c1-6-17-10-11-18-16-14(12(2)3)8-7-9-15(16)13(4)5/h7-9,12-13H,6,10-11H2,1-5H3. The van der Waals surface area contributed by atoms with Crippen molar-refractivity contribution in [3.8, 4) is 5.75 Å². The van der Waals surface area contributed by atoms with Crippen LogP contribution in [0.1, 0.15) is 57.6 Å². The zero-order chi connectivity index (χ0) is 13.5. The molecule has 0 aliphatic heterocycles. The van der Waals surface area contributed by atoms with Crippen molar-refractivity contribution >= 4 is 0 Å². The average Bonchev–Trinajstić information content (AvgIpc) is 2.34. The van der Waals surface area contributed by atoms with Gasteiger partial charge in [0.1, 0.15) is 12.4 Å². The van der Waals surface area contributed by atoms with Crippen LogP contribution in [-0.2, 0) is 4.74 Å². The van der Waals surface area contributed by atoms with E-state index in [2.05, 4.69) is 45.9 Å². The smallest absolute Gasteiger partial charge is 0.126 e. The van der Waals surface area contributed by atoms with E-state index in [9.17, 15) is 0 Å². The molecule has 2 heteroatoms. The van der Waals surface area contributed by atoms with Gasteiger partial charge in [-0.1, -0.05) is 45.9 Å². The van der Waals surface area contributed by atoms with Crippen LogP contribution in [0.15, 0.2) is 18.2 Å². The summed E-state index contributed by atoms with van der Waals surface area (Å²) in [7, 11) is 0. The second-order valence-electron chi connectivity index (χ2n) is 5.12. The lowest BCUT2D eigenvalue weighted by Gasteiger charge is -2.19. The molecule has 0 atom stereocenters. The van der Waals surface area contributed by atoms with Gasteiger partial charge >= 0.3 is 0 Å². The van der Waals surface area contributed by atoms with Crippen LogP contribution in [0, 0.1) is 0 Å². The van der Waals surface area contributed by atoms with Gasteiger partial charge in [-0.3, -0.25) is 0 Å². The summed E-state index contributed by atoms with van der Waals surface area (Å²) in [4.78, 5) is 0. The van der Waals surface area contributed by atoms with Crippen molar-refractivity contribution in [1.29, 1.82) is 0 Å². The Hall–Kier alpha value is -1.02. The van der Waals surface area contributed by atoms with Gasteiger partial charge in [0.15, 0.2) is 0 Å². The van der Waals surface area contributed by atoms with Crippen LogP contribution in [0.4, 0.5) is 0 Å². The average molecular weight is 250 g/mol. The predicted octanol–water partition coefficient (Wildman–Crippen LogP) is 4.35. The van der Waals surface area contributed by atoms with Crippen molar-refractivity contribution in [2.75, 3.05) is 19.8 Å². The van der Waals surface area contributed by atoms with Crippen molar-refractivity contribution in [1.82, 2.24) is 0 Å². The highest BCUT2D eigenvalue weighted by Gasteiger charge is 2.14. The van der Waals surface area contributed by atoms with Gasteiger partial charge in [0.2, 0.25) is 0 Å². The number of para-hydroxylation sites is 1. The highest BCUT2D eigenvalue weighted by atomic mass is 16.5. The van der Waals surface area contributed by atoms with Crippen LogP contribution in [0.3, 0.4) is 0 Å². The maximum Gasteiger partial charge on any atom is 0.126 e. The summed E-state index contributed by atoms with van der Waals surface area (Å²) in [5.74, 6) is 2.01. The summed E-state index contributed by atoms with van der Waals surface area (Å²) >= 11 is 0. The van der Waals surface area contributed by atoms with Crippen molar-refractivity contribution < 1.29 is 9.47 Å². The first-order valence-electron chi connectivity index (χ1n) is 6.91. The van der Waals surface area contributed by atoms with E-state index in [1.807, 2.05) is 6.92 Å². The number of benzene rings is 1. The Labute approximate surface area is 111 Å². The van der Waals surface area contributed by atoms with Crippen LogP contribution < -0.4 is 4.74 Å². The molecule has 0 aliphatic carbocycles. The molecule has 0 N–H and O–H groups in total. The van der Waals surface area contributed by atoms with E-state index >= 15 is 0 Å². The number of hydrogen-bond donors (Lipinski definition) is 0. The molecular formula is C16H26O2. The van der Waals surface area contributed by atoms with Crippen molar-refractivity contribution in [3.63, 3.8) is 0 Å². The van der Waals surface area contributed by atoms with E-state index in [-0.39, 0.29) is 0 Å². The second kappa shape index (κ2) is 7.42. The quantitative estimate of drug-likeness (QED) is 0.670. The Kier molecular flexibility index (Phi) is 6.20. The van der Waals surface area contributed by atoms with Crippen molar-refractivity contribution in [2.24, 2.45) is 0 Å². The summed E-state index contributed by atoms with van der Waals surface area (Å²) in [5.41, 5.74) is 2.58. The second-order valence-corrected chi connectivity index (χ2v) is 5.12. The first-order chi connectivity index (χ1) is 8.57. The van der Waals surface area contributed by atoms with Gasteiger partial charge in [-0.2, -0.15) is 0 Å². The van der Waals surface area contributed by atoms with Gasteiger partial charge in [0.25, 0.3) is 0 Å². The molecule has 0 unspecified atom stereocenters. The minimum Gasteiger partial charge on any atom is -0.491 e. The molecule has 2 nitrogen and oxygen atoms in total. The third-order valence-corrected chi connectivity index (χ3v) is 3.00. The molecule has 1 rings (SSSR count). The normalized spacial score (nSPS) is 11.3. The Balaban J connectivity index is 2.89. The molecule has 0 amide bonds. The molecular weight excluding hydrogens is 224 g/mol. The highest BCUT2D eigenvalue weighted by molar-refractivity contribution is 5.44. The molecule has 0 heterocycles. The maximum atomic E-state index is 5.97. The van der Waals surface area contributed by atoms with E-state index in [1.165, 1.54) is 11.1 Å². The fraction of sp³-hybridized carbons (Fsp3) is 0.625. The van der Waals surface area contributed by atoms with Gasteiger partial charge < -0.3 is 9.47 Å². The molecule has 0 bridgehead atoms. The zero-order valence-corrected chi connectivity index (χ0v) is 12.3. The minimum atomic E-state index is 0.478. The third-order valence-electron chi connectivity index (χ3n) is 3.00. The maximum absolute atomic E-state index is 5.97. The lowest BCUT2D eigenvalue weighted by Crippen LogP contribution is -2.10. The molecule has 0 radical (unpaired) electrons. The minimum absolute atomic E-state index is 0.478. The van der Waals surface area contributed by atoms with Crippen LogP contribution in [-0.4, -0.2) is 19.8 Å². The van der Waals surface area contributed by atoms with Crippen LogP contribution >= 0.6 is 0 Å². The van der Waals surface area contributed by atoms with E-state index in [1.54, 1.807) is 0 Å². The Morgan fingerprint density at radius 1 is 0.944 bits per heavy atom. The van der Waals surface area contributed by atoms with Gasteiger partial charge in [0, 0.05) is 6.61 Å². The van der Waals surface area contributed by atoms with E-state index in [0.29, 0.717) is 25.0 Å². The van der Waals surface area contributed by atoms with E-state index in [0.717, 1.165) is 12.4 Å². The summed E-state index contributed by atoms with van der Waals surface area (Å²) in [5, 5.41) is 0. The lowest BCUT2D eigenvalue weighted by atomic mass is 9.94. The monoisotopic (exact) mass is 250 g/mol. The summed E-state index contributed by atoms with van der Waals surface area (Å²) in [6.07, 6.45) is 0. The number of rotatable bonds is 7. The third kappa shape index (κ3) is 4.02. The first kappa shape index (κ1) is 15.0. The topological polar surface area (TPSA) is 18.5 Å². The van der Waals surface area contributed by atoms with E-state index in [4.69, 9.17) is 9.47 Å². The first-order valence-corrected chi connectivity index (χ1v) is 6.91. The van der Waals surface area contributed by atoms with Crippen LogP contribution in [0.5, 0.6) is 5.75 Å². The van der Waals surface area contributed by atoms with Crippen LogP contribution in [0.2, 0.25) is 0 Å². The molecule has 0 saturated carbocycles. The van der Waals surface area contributed by atoms with Gasteiger partial charge in [0.05, 0.1) is 6.61 Å². The summed E-state index contributed by atoms with van der Waals surface area (Å²) in [6, 6.07) is 6.44. The molecule has 1 aromatic carbocycles. The Morgan fingerprint density at radius 2 is 1.50 bits per heavy atom. The molecule has 0 aliphatic rings. The highest BCUT2D eigenvalue weighted by Crippen LogP contribution is 2.34. The molecule has 0 aromatic heterocycles. The molecule has 0 fully saturated rings. The molecule has 102 valence electrons. The molecule has 0 saturated heterocycles. The molecule has 18 heavy (non-hydrogen) atoms. The molecule has 0 spiro atoms. The van der Waals surface area contributed by atoms with Gasteiger partial charge in [-0.05, 0) is 29.9 Å². The number of ether oxygens (including phenoxy) is 2. The molecule has 1 aromatic rings. The summed E-state index contributed by atoms with van der Waals surface area (Å²) < 4.78 is 11.3. The summed E-state index contributed by atoms with van der Waals surface area (Å²) in [6.45, 7) is 12.8. The lowest BCUT2D eigenvalue weighted by molar-refractivity contribution is 0.109. The number of hydrogen-bond acceptors (Lipinski definition) is 2. The van der Waals surface area contributed by atoms with Crippen molar-refractivity contribution in [3.05, 3.63) is 29.3 Å².